The van der Waals surface area contributed by atoms with Crippen LogP contribution in [0.4, 0.5) is 4.39 Å². The molecule has 0 radical (unpaired) electrons. The Hall–Kier alpha value is -1.68. The number of hydrogen-bond acceptors (Lipinski definition) is 2. The second-order valence-corrected chi connectivity index (χ2v) is 4.31. The summed E-state index contributed by atoms with van der Waals surface area (Å²) in [7, 11) is 0. The molecule has 2 N–H and O–H groups in total. The van der Waals surface area contributed by atoms with Gasteiger partial charge in [-0.2, -0.15) is 5.10 Å². The summed E-state index contributed by atoms with van der Waals surface area (Å²) in [4.78, 5) is 0. The fourth-order valence-electron chi connectivity index (χ4n) is 1.63. The molecule has 0 bridgehead atoms. The van der Waals surface area contributed by atoms with E-state index in [1.54, 1.807) is 18.3 Å². The number of aromatic nitrogens is 2. The fourth-order valence-corrected chi connectivity index (χ4v) is 1.63. The lowest BCUT2D eigenvalue weighted by atomic mass is 10.1. The molecular weight excluding hydrogens is 217 g/mol. The highest BCUT2D eigenvalue weighted by atomic mass is 19.1. The van der Waals surface area contributed by atoms with Gasteiger partial charge in [-0.3, -0.25) is 5.10 Å². The maximum absolute atomic E-state index is 12.8. The largest absolute Gasteiger partial charge is 0.310 e. The third-order valence-corrected chi connectivity index (χ3v) is 2.55. The Morgan fingerprint density at radius 2 is 2.00 bits per heavy atom. The minimum Gasteiger partial charge on any atom is -0.310 e. The van der Waals surface area contributed by atoms with Crippen LogP contribution in [0.25, 0.3) is 11.3 Å². The number of H-pyrrole nitrogens is 1. The molecule has 0 amide bonds. The molecular formula is C13H16FN3. The molecule has 0 fully saturated rings. The van der Waals surface area contributed by atoms with Crippen LogP contribution < -0.4 is 5.32 Å². The van der Waals surface area contributed by atoms with Gasteiger partial charge in [-0.15, -0.1) is 0 Å². The third kappa shape index (κ3) is 2.91. The van der Waals surface area contributed by atoms with Gasteiger partial charge in [-0.1, -0.05) is 13.8 Å². The standard InChI is InChI=1S/C13H16FN3/c1-9(2)15-7-11-8-16-17-13(11)10-3-5-12(14)6-4-10/h3-6,8-9,15H,7H2,1-2H3,(H,16,17). The number of hydrogen-bond donors (Lipinski definition) is 2. The van der Waals surface area contributed by atoms with E-state index in [1.165, 1.54) is 12.1 Å². The zero-order valence-electron chi connectivity index (χ0n) is 10.00. The van der Waals surface area contributed by atoms with Crippen molar-refractivity contribution in [2.45, 2.75) is 26.4 Å². The second kappa shape index (κ2) is 5.10. The molecule has 0 spiro atoms. The van der Waals surface area contributed by atoms with E-state index in [0.717, 1.165) is 23.4 Å². The van der Waals surface area contributed by atoms with Crippen molar-refractivity contribution >= 4 is 0 Å². The number of halogens is 1. The van der Waals surface area contributed by atoms with E-state index in [2.05, 4.69) is 29.4 Å². The highest BCUT2D eigenvalue weighted by Crippen LogP contribution is 2.21. The van der Waals surface area contributed by atoms with Gasteiger partial charge in [0.05, 0.1) is 11.9 Å². The molecule has 0 saturated heterocycles. The Labute approximate surface area is 100 Å². The van der Waals surface area contributed by atoms with Crippen LogP contribution >= 0.6 is 0 Å². The van der Waals surface area contributed by atoms with Gasteiger partial charge in [0.15, 0.2) is 0 Å². The molecule has 0 unspecified atom stereocenters. The van der Waals surface area contributed by atoms with Gasteiger partial charge in [0, 0.05) is 23.7 Å². The molecule has 1 aromatic heterocycles. The summed E-state index contributed by atoms with van der Waals surface area (Å²) in [5.74, 6) is -0.227. The number of nitrogens with zero attached hydrogens (tertiary/aromatic N) is 1. The van der Waals surface area contributed by atoms with Crippen molar-refractivity contribution in [1.29, 1.82) is 0 Å². The van der Waals surface area contributed by atoms with E-state index < -0.39 is 0 Å². The zero-order valence-corrected chi connectivity index (χ0v) is 10.00. The third-order valence-electron chi connectivity index (χ3n) is 2.55. The molecule has 4 heteroatoms. The molecule has 2 rings (SSSR count). The van der Waals surface area contributed by atoms with Crippen molar-refractivity contribution < 1.29 is 4.39 Å². The number of rotatable bonds is 4. The number of nitrogens with one attached hydrogen (secondary N) is 2. The molecule has 0 aliphatic carbocycles. The first kappa shape index (κ1) is 11.8. The summed E-state index contributed by atoms with van der Waals surface area (Å²) in [6.45, 7) is 4.94. The van der Waals surface area contributed by atoms with Crippen molar-refractivity contribution in [2.75, 3.05) is 0 Å². The van der Waals surface area contributed by atoms with Gasteiger partial charge in [-0.05, 0) is 24.3 Å². The van der Waals surface area contributed by atoms with Crippen LogP contribution in [0.5, 0.6) is 0 Å². The van der Waals surface area contributed by atoms with Crippen molar-refractivity contribution in [3.8, 4) is 11.3 Å². The molecule has 3 nitrogen and oxygen atoms in total. The van der Waals surface area contributed by atoms with Gasteiger partial charge in [0.1, 0.15) is 5.82 Å². The highest BCUT2D eigenvalue weighted by Gasteiger charge is 2.07. The van der Waals surface area contributed by atoms with Crippen LogP contribution in [0.15, 0.2) is 30.5 Å². The normalized spacial score (nSPS) is 11.1. The Morgan fingerprint density at radius 1 is 1.29 bits per heavy atom. The zero-order chi connectivity index (χ0) is 12.3. The van der Waals surface area contributed by atoms with Crippen molar-refractivity contribution in [1.82, 2.24) is 15.5 Å². The molecule has 1 heterocycles. The number of benzene rings is 1. The van der Waals surface area contributed by atoms with Gasteiger partial charge in [0.2, 0.25) is 0 Å². The van der Waals surface area contributed by atoms with Gasteiger partial charge in [-0.25, -0.2) is 4.39 Å². The predicted molar refractivity (Wildman–Crippen MR) is 66.0 cm³/mol. The number of aromatic amines is 1. The monoisotopic (exact) mass is 233 g/mol. The maximum atomic E-state index is 12.8. The van der Waals surface area contributed by atoms with Crippen molar-refractivity contribution in [2.24, 2.45) is 0 Å². The Morgan fingerprint density at radius 3 is 2.65 bits per heavy atom. The molecule has 17 heavy (non-hydrogen) atoms. The molecule has 0 aliphatic rings. The Bertz CT molecular complexity index is 474. The van der Waals surface area contributed by atoms with E-state index in [0.29, 0.717) is 6.04 Å². The van der Waals surface area contributed by atoms with E-state index >= 15 is 0 Å². The highest BCUT2D eigenvalue weighted by molar-refractivity contribution is 5.62. The molecule has 0 aliphatic heterocycles. The van der Waals surface area contributed by atoms with E-state index in [-0.39, 0.29) is 5.82 Å². The average Bonchev–Trinajstić information content (AvgIpc) is 2.75. The quantitative estimate of drug-likeness (QED) is 0.852. The fraction of sp³-hybridized carbons (Fsp3) is 0.308. The van der Waals surface area contributed by atoms with Gasteiger partial charge < -0.3 is 5.32 Å². The van der Waals surface area contributed by atoms with Crippen LogP contribution in [0.3, 0.4) is 0 Å². The topological polar surface area (TPSA) is 40.7 Å². The Balaban J connectivity index is 2.21. The summed E-state index contributed by atoms with van der Waals surface area (Å²) >= 11 is 0. The first-order valence-corrected chi connectivity index (χ1v) is 5.68. The minimum absolute atomic E-state index is 0.227. The molecule has 0 atom stereocenters. The predicted octanol–water partition coefficient (Wildman–Crippen LogP) is 2.71. The van der Waals surface area contributed by atoms with Crippen molar-refractivity contribution in [3.63, 3.8) is 0 Å². The lowest BCUT2D eigenvalue weighted by Gasteiger charge is -2.08. The van der Waals surface area contributed by atoms with E-state index in [4.69, 9.17) is 0 Å². The SMILES string of the molecule is CC(C)NCc1cn[nH]c1-c1ccc(F)cc1. The Kier molecular flexibility index (Phi) is 3.54. The lowest BCUT2D eigenvalue weighted by molar-refractivity contribution is 0.589. The molecule has 1 aromatic carbocycles. The maximum Gasteiger partial charge on any atom is 0.123 e. The van der Waals surface area contributed by atoms with Crippen LogP contribution in [0.2, 0.25) is 0 Å². The van der Waals surface area contributed by atoms with Crippen molar-refractivity contribution in [3.05, 3.63) is 41.8 Å². The summed E-state index contributed by atoms with van der Waals surface area (Å²) < 4.78 is 12.8. The summed E-state index contributed by atoms with van der Waals surface area (Å²) in [5.41, 5.74) is 2.98. The first-order valence-electron chi connectivity index (χ1n) is 5.68. The van der Waals surface area contributed by atoms with Gasteiger partial charge >= 0.3 is 0 Å². The van der Waals surface area contributed by atoms with Crippen LogP contribution in [-0.4, -0.2) is 16.2 Å². The van der Waals surface area contributed by atoms with Crippen LogP contribution in [0.1, 0.15) is 19.4 Å². The molecule has 90 valence electrons. The van der Waals surface area contributed by atoms with Crippen LogP contribution in [0, 0.1) is 5.82 Å². The van der Waals surface area contributed by atoms with Gasteiger partial charge in [0.25, 0.3) is 0 Å². The van der Waals surface area contributed by atoms with E-state index in [1.807, 2.05) is 0 Å². The second-order valence-electron chi connectivity index (χ2n) is 4.31. The smallest absolute Gasteiger partial charge is 0.123 e. The average molecular weight is 233 g/mol. The van der Waals surface area contributed by atoms with Crippen LogP contribution in [-0.2, 0) is 6.54 Å². The lowest BCUT2D eigenvalue weighted by Crippen LogP contribution is -2.21. The molecule has 0 saturated carbocycles. The summed E-state index contributed by atoms with van der Waals surface area (Å²) in [6.07, 6.45) is 1.80. The minimum atomic E-state index is -0.227. The van der Waals surface area contributed by atoms with E-state index in [9.17, 15) is 4.39 Å². The summed E-state index contributed by atoms with van der Waals surface area (Å²) in [6, 6.07) is 6.83. The first-order chi connectivity index (χ1) is 8.16. The molecule has 2 aromatic rings. The summed E-state index contributed by atoms with van der Waals surface area (Å²) in [5, 5.41) is 10.3.